The van der Waals surface area contributed by atoms with E-state index < -0.39 is 22.1 Å². The lowest BCUT2D eigenvalue weighted by atomic mass is 10.2. The van der Waals surface area contributed by atoms with Crippen molar-refractivity contribution < 1.29 is 14.5 Å². The second-order valence-corrected chi connectivity index (χ2v) is 2.83. The summed E-state index contributed by atoms with van der Waals surface area (Å²) in [5.74, 6) is 3.75. The van der Waals surface area contributed by atoms with Crippen molar-refractivity contribution in [1.29, 1.82) is 0 Å². The molecule has 0 aromatic carbocycles. The van der Waals surface area contributed by atoms with Gasteiger partial charge in [0, 0.05) is 23.7 Å². The Hall–Kier alpha value is -2.62. The summed E-state index contributed by atoms with van der Waals surface area (Å²) in [6.07, 6.45) is 1.18. The highest BCUT2D eigenvalue weighted by Crippen LogP contribution is 2.04. The Morgan fingerprint density at radius 1 is 1.65 bits per heavy atom. The first-order chi connectivity index (χ1) is 8.04. The molecule has 0 aliphatic carbocycles. The van der Waals surface area contributed by atoms with Crippen molar-refractivity contribution in [3.05, 3.63) is 38.3 Å². The molecule has 0 saturated carbocycles. The fourth-order valence-electron chi connectivity index (χ4n) is 0.970. The van der Waals surface area contributed by atoms with Gasteiger partial charge in [0.2, 0.25) is 0 Å². The van der Waals surface area contributed by atoms with Crippen LogP contribution in [0.1, 0.15) is 12.5 Å². The van der Waals surface area contributed by atoms with Crippen molar-refractivity contribution in [1.82, 2.24) is 4.98 Å². The van der Waals surface area contributed by atoms with Crippen LogP contribution < -0.4 is 5.56 Å². The Bertz CT molecular complexity index is 564. The molecule has 0 atom stereocenters. The number of hydrogen-bond donors (Lipinski definition) is 1. The number of carbonyl (C=O) groups excluding carboxylic acids is 1. The van der Waals surface area contributed by atoms with Gasteiger partial charge in [0.05, 0.1) is 11.5 Å². The Morgan fingerprint density at radius 3 is 2.94 bits per heavy atom. The minimum absolute atomic E-state index is 0.157. The monoisotopic (exact) mass is 236 g/mol. The van der Waals surface area contributed by atoms with E-state index in [1.807, 2.05) is 0 Å². The van der Waals surface area contributed by atoms with Crippen LogP contribution >= 0.6 is 0 Å². The number of nitrogens with zero attached hydrogens (tertiary/aromatic N) is 1. The molecule has 0 unspecified atom stereocenters. The zero-order chi connectivity index (χ0) is 12.8. The number of aromatic nitrogens is 1. The standard InChI is InChI=1S/C10H8N2O5/c1-2-17-9(13)4-3-7-5-8(12(15)16)10(14)11-6-7/h5-6H,2H2,1H3,(H,11,14). The predicted molar refractivity (Wildman–Crippen MR) is 57.2 cm³/mol. The van der Waals surface area contributed by atoms with Crippen molar-refractivity contribution in [3.63, 3.8) is 0 Å². The third-order valence-electron chi connectivity index (χ3n) is 1.66. The number of nitro groups is 1. The Labute approximate surface area is 95.6 Å². The SMILES string of the molecule is CCOC(=O)C#Cc1c[nH]c(=O)c([N+](=O)[O-])c1. The Morgan fingerprint density at radius 2 is 2.35 bits per heavy atom. The first-order valence-corrected chi connectivity index (χ1v) is 4.60. The molecule has 1 aromatic rings. The third-order valence-corrected chi connectivity index (χ3v) is 1.66. The van der Waals surface area contributed by atoms with Gasteiger partial charge >= 0.3 is 17.2 Å². The lowest BCUT2D eigenvalue weighted by Gasteiger charge is -1.92. The fraction of sp³-hybridized carbons (Fsp3) is 0.200. The maximum Gasteiger partial charge on any atom is 0.384 e. The number of pyridine rings is 1. The molecule has 0 fully saturated rings. The molecule has 0 aliphatic rings. The van der Waals surface area contributed by atoms with Crippen LogP contribution in [-0.2, 0) is 9.53 Å². The van der Waals surface area contributed by atoms with Gasteiger partial charge in [-0.3, -0.25) is 14.9 Å². The lowest BCUT2D eigenvalue weighted by Crippen LogP contribution is -2.11. The van der Waals surface area contributed by atoms with E-state index >= 15 is 0 Å². The summed E-state index contributed by atoms with van der Waals surface area (Å²) in [5.41, 5.74) is -1.29. The molecule has 0 amide bonds. The topological polar surface area (TPSA) is 102 Å². The molecule has 0 radical (unpaired) electrons. The van der Waals surface area contributed by atoms with E-state index in [2.05, 4.69) is 21.6 Å². The van der Waals surface area contributed by atoms with E-state index in [1.54, 1.807) is 6.92 Å². The largest absolute Gasteiger partial charge is 0.456 e. The number of hydrogen-bond acceptors (Lipinski definition) is 5. The first kappa shape index (κ1) is 12.4. The summed E-state index contributed by atoms with van der Waals surface area (Å²) in [4.78, 5) is 33.7. The zero-order valence-electron chi connectivity index (χ0n) is 8.85. The fourth-order valence-corrected chi connectivity index (χ4v) is 0.970. The molecule has 1 rings (SSSR count). The molecule has 0 saturated heterocycles. The van der Waals surface area contributed by atoms with E-state index in [0.29, 0.717) is 0 Å². The van der Waals surface area contributed by atoms with Gasteiger partial charge < -0.3 is 9.72 Å². The van der Waals surface area contributed by atoms with Gasteiger partial charge in [-0.25, -0.2) is 4.79 Å². The van der Waals surface area contributed by atoms with E-state index in [4.69, 9.17) is 0 Å². The van der Waals surface area contributed by atoms with E-state index in [9.17, 15) is 19.7 Å². The molecule has 7 heteroatoms. The second kappa shape index (κ2) is 5.46. The van der Waals surface area contributed by atoms with Crippen molar-refractivity contribution in [2.75, 3.05) is 6.61 Å². The van der Waals surface area contributed by atoms with Crippen LogP contribution in [-0.4, -0.2) is 22.5 Å². The molecule has 7 nitrogen and oxygen atoms in total. The molecule has 1 N–H and O–H groups in total. The van der Waals surface area contributed by atoms with Gasteiger partial charge in [-0.05, 0) is 6.92 Å². The van der Waals surface area contributed by atoms with Crippen molar-refractivity contribution in [2.24, 2.45) is 0 Å². The average Bonchev–Trinajstić information content (AvgIpc) is 2.28. The first-order valence-electron chi connectivity index (χ1n) is 4.60. The molecule has 0 bridgehead atoms. The van der Waals surface area contributed by atoms with Crippen LogP contribution in [0.15, 0.2) is 17.1 Å². The van der Waals surface area contributed by atoms with Gasteiger partial charge in [0.15, 0.2) is 0 Å². The molecule has 0 spiro atoms. The quantitative estimate of drug-likeness (QED) is 0.342. The highest BCUT2D eigenvalue weighted by molar-refractivity contribution is 5.89. The minimum atomic E-state index is -0.825. The number of esters is 1. The normalized spacial score (nSPS) is 9.00. The molecule has 88 valence electrons. The van der Waals surface area contributed by atoms with E-state index in [1.165, 1.54) is 6.20 Å². The minimum Gasteiger partial charge on any atom is -0.456 e. The molecule has 17 heavy (non-hydrogen) atoms. The maximum absolute atomic E-state index is 11.0. The molecular weight excluding hydrogens is 228 g/mol. The molecule has 1 aromatic heterocycles. The summed E-state index contributed by atoms with van der Waals surface area (Å²) in [6, 6.07) is 0.991. The van der Waals surface area contributed by atoms with Gasteiger partial charge in [0.1, 0.15) is 0 Å². The summed E-state index contributed by atoms with van der Waals surface area (Å²) in [6.45, 7) is 1.82. The third kappa shape index (κ3) is 3.46. The molecule has 1 heterocycles. The van der Waals surface area contributed by atoms with Crippen LogP contribution in [0.3, 0.4) is 0 Å². The van der Waals surface area contributed by atoms with Crippen molar-refractivity contribution in [2.45, 2.75) is 6.92 Å². The smallest absolute Gasteiger partial charge is 0.384 e. The van der Waals surface area contributed by atoms with Crippen LogP contribution in [0.5, 0.6) is 0 Å². The molecular formula is C10H8N2O5. The van der Waals surface area contributed by atoms with Gasteiger partial charge in [-0.15, -0.1) is 0 Å². The van der Waals surface area contributed by atoms with Crippen LogP contribution in [0, 0.1) is 22.0 Å². The highest BCUT2D eigenvalue weighted by Gasteiger charge is 2.11. The van der Waals surface area contributed by atoms with Crippen LogP contribution in [0.25, 0.3) is 0 Å². The van der Waals surface area contributed by atoms with E-state index in [0.717, 1.165) is 6.07 Å². The number of carbonyl (C=O) groups is 1. The summed E-state index contributed by atoms with van der Waals surface area (Å²) < 4.78 is 4.55. The lowest BCUT2D eigenvalue weighted by molar-refractivity contribution is -0.386. The maximum atomic E-state index is 11.0. The molecule has 0 aliphatic heterocycles. The van der Waals surface area contributed by atoms with Crippen LogP contribution in [0.4, 0.5) is 5.69 Å². The zero-order valence-corrected chi connectivity index (χ0v) is 8.85. The van der Waals surface area contributed by atoms with E-state index in [-0.39, 0.29) is 12.2 Å². The number of ether oxygens (including phenoxy) is 1. The second-order valence-electron chi connectivity index (χ2n) is 2.83. The van der Waals surface area contributed by atoms with Gasteiger partial charge in [-0.2, -0.15) is 0 Å². The van der Waals surface area contributed by atoms with Crippen LogP contribution in [0.2, 0.25) is 0 Å². The summed E-state index contributed by atoms with van der Waals surface area (Å²) in [7, 11) is 0. The highest BCUT2D eigenvalue weighted by atomic mass is 16.6. The number of aromatic amines is 1. The van der Waals surface area contributed by atoms with Gasteiger partial charge in [0.25, 0.3) is 0 Å². The van der Waals surface area contributed by atoms with Gasteiger partial charge in [-0.1, -0.05) is 5.92 Å². The average molecular weight is 236 g/mol. The Balaban J connectivity index is 3.01. The Kier molecular flexibility index (Phi) is 4.00. The summed E-state index contributed by atoms with van der Waals surface area (Å²) >= 11 is 0. The van der Waals surface area contributed by atoms with Crippen molar-refractivity contribution >= 4 is 11.7 Å². The number of nitrogens with one attached hydrogen (secondary N) is 1. The predicted octanol–water partition coefficient (Wildman–Crippen LogP) is 0.198. The number of rotatable bonds is 2. The summed E-state index contributed by atoms with van der Waals surface area (Å²) in [5, 5.41) is 10.5. The number of H-pyrrole nitrogens is 1. The van der Waals surface area contributed by atoms with Crippen molar-refractivity contribution in [3.8, 4) is 11.8 Å².